The lowest BCUT2D eigenvalue weighted by Crippen LogP contribution is -2.24. The zero-order valence-electron chi connectivity index (χ0n) is 10.0. The third-order valence-electron chi connectivity index (χ3n) is 2.71. The van der Waals surface area contributed by atoms with Crippen LogP contribution in [0.3, 0.4) is 0 Å². The number of hydrogen-bond acceptors (Lipinski definition) is 2. The maximum absolute atomic E-state index is 5.01. The fourth-order valence-corrected chi connectivity index (χ4v) is 1.95. The third-order valence-corrected chi connectivity index (χ3v) is 3.24. The van der Waals surface area contributed by atoms with Crippen molar-refractivity contribution in [1.29, 1.82) is 0 Å². The molecule has 2 nitrogen and oxygen atoms in total. The number of rotatable bonds is 7. The molecule has 0 saturated carbocycles. The van der Waals surface area contributed by atoms with Gasteiger partial charge in [-0.1, -0.05) is 35.0 Å². The second kappa shape index (κ2) is 7.82. The second-order valence-corrected chi connectivity index (χ2v) is 4.77. The van der Waals surface area contributed by atoms with Crippen molar-refractivity contribution in [2.24, 2.45) is 0 Å². The van der Waals surface area contributed by atoms with E-state index < -0.39 is 0 Å². The van der Waals surface area contributed by atoms with Crippen molar-refractivity contribution in [3.63, 3.8) is 0 Å². The summed E-state index contributed by atoms with van der Waals surface area (Å²) in [4.78, 5) is 0. The van der Waals surface area contributed by atoms with Gasteiger partial charge in [-0.25, -0.2) is 0 Å². The van der Waals surface area contributed by atoms with Gasteiger partial charge in [-0.15, -0.1) is 0 Å². The Hall–Kier alpha value is -0.380. The summed E-state index contributed by atoms with van der Waals surface area (Å²) in [6, 6.07) is 8.59. The minimum atomic E-state index is 0.588. The molecule has 0 amide bonds. The highest BCUT2D eigenvalue weighted by atomic mass is 79.9. The molecule has 16 heavy (non-hydrogen) atoms. The number of halogens is 1. The van der Waals surface area contributed by atoms with E-state index in [0.29, 0.717) is 5.92 Å². The Bertz CT molecular complexity index is 286. The molecule has 90 valence electrons. The fraction of sp³-hybridized carbons (Fsp3) is 0.538. The van der Waals surface area contributed by atoms with Crippen molar-refractivity contribution >= 4 is 15.9 Å². The molecule has 0 spiro atoms. The van der Waals surface area contributed by atoms with Gasteiger partial charge in [0.1, 0.15) is 0 Å². The predicted molar refractivity (Wildman–Crippen MR) is 71.9 cm³/mol. The van der Waals surface area contributed by atoms with Gasteiger partial charge in [0.2, 0.25) is 0 Å². The van der Waals surface area contributed by atoms with Crippen molar-refractivity contribution in [2.45, 2.75) is 19.3 Å². The first kappa shape index (κ1) is 13.7. The Morgan fingerprint density at radius 2 is 2.00 bits per heavy atom. The Morgan fingerprint density at radius 1 is 1.31 bits per heavy atom. The highest BCUT2D eigenvalue weighted by Crippen LogP contribution is 2.20. The van der Waals surface area contributed by atoms with Gasteiger partial charge in [0.05, 0.1) is 6.61 Å². The van der Waals surface area contributed by atoms with Crippen LogP contribution in [0.15, 0.2) is 28.7 Å². The van der Waals surface area contributed by atoms with Crippen molar-refractivity contribution in [2.75, 3.05) is 26.8 Å². The first-order valence-corrected chi connectivity index (χ1v) is 6.52. The van der Waals surface area contributed by atoms with Gasteiger partial charge in [-0.2, -0.15) is 0 Å². The molecule has 0 aliphatic rings. The van der Waals surface area contributed by atoms with Crippen molar-refractivity contribution in [3.8, 4) is 0 Å². The second-order valence-electron chi connectivity index (χ2n) is 3.85. The standard InChI is InChI=1S/C13H20BrNO/c1-3-11(10-15-8-9-16-2)12-4-6-13(14)7-5-12/h4-7,11,15H,3,8-10H2,1-2H3. The summed E-state index contributed by atoms with van der Waals surface area (Å²) in [5.41, 5.74) is 1.40. The SMILES string of the molecule is CCC(CNCCOC)c1ccc(Br)cc1. The minimum Gasteiger partial charge on any atom is -0.383 e. The molecule has 0 heterocycles. The van der Waals surface area contributed by atoms with Crippen molar-refractivity contribution in [3.05, 3.63) is 34.3 Å². The van der Waals surface area contributed by atoms with E-state index in [2.05, 4.69) is 52.4 Å². The fourth-order valence-electron chi connectivity index (χ4n) is 1.68. The number of methoxy groups -OCH3 is 1. The highest BCUT2D eigenvalue weighted by molar-refractivity contribution is 9.10. The lowest BCUT2D eigenvalue weighted by molar-refractivity contribution is 0.199. The normalized spacial score (nSPS) is 12.7. The zero-order valence-corrected chi connectivity index (χ0v) is 11.6. The van der Waals surface area contributed by atoms with E-state index >= 15 is 0 Å². The van der Waals surface area contributed by atoms with Gasteiger partial charge >= 0.3 is 0 Å². The predicted octanol–water partition coefficient (Wildman–Crippen LogP) is 3.18. The van der Waals surface area contributed by atoms with E-state index in [0.717, 1.165) is 30.6 Å². The quantitative estimate of drug-likeness (QED) is 0.777. The van der Waals surface area contributed by atoms with Crippen LogP contribution < -0.4 is 5.32 Å². The lowest BCUT2D eigenvalue weighted by Gasteiger charge is -2.16. The third kappa shape index (κ3) is 4.64. The van der Waals surface area contributed by atoms with Crippen LogP contribution in [0.25, 0.3) is 0 Å². The molecule has 0 radical (unpaired) electrons. The van der Waals surface area contributed by atoms with Gasteiger partial charge < -0.3 is 10.1 Å². The van der Waals surface area contributed by atoms with Crippen LogP contribution in [-0.2, 0) is 4.74 Å². The number of benzene rings is 1. The first-order valence-electron chi connectivity index (χ1n) is 5.73. The molecule has 1 unspecified atom stereocenters. The molecule has 3 heteroatoms. The largest absolute Gasteiger partial charge is 0.383 e. The summed E-state index contributed by atoms with van der Waals surface area (Å²) >= 11 is 3.46. The van der Waals surface area contributed by atoms with Gasteiger partial charge in [-0.05, 0) is 30.0 Å². The maximum Gasteiger partial charge on any atom is 0.0587 e. The summed E-state index contributed by atoms with van der Waals surface area (Å²) in [6.07, 6.45) is 1.15. The van der Waals surface area contributed by atoms with Crippen LogP contribution in [-0.4, -0.2) is 26.8 Å². The molecule has 1 atom stereocenters. The molecule has 1 rings (SSSR count). The molecule has 0 bridgehead atoms. The Kier molecular flexibility index (Phi) is 6.69. The molecule has 1 N–H and O–H groups in total. The number of nitrogens with one attached hydrogen (secondary N) is 1. The Balaban J connectivity index is 2.44. The minimum absolute atomic E-state index is 0.588. The smallest absolute Gasteiger partial charge is 0.0587 e. The number of ether oxygens (including phenoxy) is 1. The monoisotopic (exact) mass is 285 g/mol. The number of hydrogen-bond donors (Lipinski definition) is 1. The summed E-state index contributed by atoms with van der Waals surface area (Å²) < 4.78 is 6.15. The molecule has 0 fully saturated rings. The van der Waals surface area contributed by atoms with E-state index in [1.54, 1.807) is 7.11 Å². The van der Waals surface area contributed by atoms with Crippen LogP contribution in [0.5, 0.6) is 0 Å². The van der Waals surface area contributed by atoms with Crippen LogP contribution in [0.2, 0.25) is 0 Å². The molecular formula is C13H20BrNO. The highest BCUT2D eigenvalue weighted by Gasteiger charge is 2.08. The molecule has 0 aromatic heterocycles. The van der Waals surface area contributed by atoms with Crippen LogP contribution in [0.1, 0.15) is 24.8 Å². The maximum atomic E-state index is 5.01. The molecule has 0 aliphatic carbocycles. The van der Waals surface area contributed by atoms with Crippen LogP contribution >= 0.6 is 15.9 Å². The summed E-state index contributed by atoms with van der Waals surface area (Å²) in [6.45, 7) is 4.94. The summed E-state index contributed by atoms with van der Waals surface area (Å²) in [5, 5.41) is 3.41. The average molecular weight is 286 g/mol. The van der Waals surface area contributed by atoms with Gasteiger partial charge in [-0.3, -0.25) is 0 Å². The molecule has 1 aromatic carbocycles. The summed E-state index contributed by atoms with van der Waals surface area (Å²) in [5.74, 6) is 0.588. The van der Waals surface area contributed by atoms with E-state index in [1.807, 2.05) is 0 Å². The van der Waals surface area contributed by atoms with Gasteiger partial charge in [0.25, 0.3) is 0 Å². The summed E-state index contributed by atoms with van der Waals surface area (Å²) in [7, 11) is 1.73. The van der Waals surface area contributed by atoms with E-state index in [1.165, 1.54) is 5.56 Å². The molecular weight excluding hydrogens is 266 g/mol. The Morgan fingerprint density at radius 3 is 2.56 bits per heavy atom. The van der Waals surface area contributed by atoms with Crippen molar-refractivity contribution in [1.82, 2.24) is 5.32 Å². The Labute approximate surface area is 107 Å². The van der Waals surface area contributed by atoms with Crippen LogP contribution in [0, 0.1) is 0 Å². The van der Waals surface area contributed by atoms with Gasteiger partial charge in [0, 0.05) is 24.7 Å². The molecule has 1 aromatic rings. The lowest BCUT2D eigenvalue weighted by atomic mass is 9.96. The average Bonchev–Trinajstić information content (AvgIpc) is 2.31. The van der Waals surface area contributed by atoms with Crippen molar-refractivity contribution < 1.29 is 4.74 Å². The van der Waals surface area contributed by atoms with Gasteiger partial charge in [0.15, 0.2) is 0 Å². The zero-order chi connectivity index (χ0) is 11.8. The van der Waals surface area contributed by atoms with E-state index in [9.17, 15) is 0 Å². The first-order chi connectivity index (χ1) is 7.77. The topological polar surface area (TPSA) is 21.3 Å². The molecule has 0 aliphatic heterocycles. The molecule has 0 saturated heterocycles. The van der Waals surface area contributed by atoms with E-state index in [4.69, 9.17) is 4.74 Å². The van der Waals surface area contributed by atoms with E-state index in [-0.39, 0.29) is 0 Å². The van der Waals surface area contributed by atoms with Crippen LogP contribution in [0.4, 0.5) is 0 Å².